The first-order valence-electron chi connectivity index (χ1n) is 3.73. The van der Waals surface area contributed by atoms with E-state index in [0.717, 1.165) is 0 Å². The van der Waals surface area contributed by atoms with E-state index < -0.39 is 11.6 Å². The van der Waals surface area contributed by atoms with Gasteiger partial charge in [0.25, 0.3) is 0 Å². The highest BCUT2D eigenvalue weighted by Crippen LogP contribution is 2.13. The van der Waals surface area contributed by atoms with E-state index in [2.05, 4.69) is 16.6 Å². The summed E-state index contributed by atoms with van der Waals surface area (Å²) in [4.78, 5) is 10.6. The molecule has 12 heavy (non-hydrogen) atoms. The molecule has 0 amide bonds. The SMILES string of the molecule is COC(=O)C#CC(C)(O)C(C)C. The second kappa shape index (κ2) is 4.13. The van der Waals surface area contributed by atoms with Gasteiger partial charge in [-0.15, -0.1) is 0 Å². The Bertz CT molecular complexity index is 218. The van der Waals surface area contributed by atoms with Crippen LogP contribution in [0, 0.1) is 17.8 Å². The van der Waals surface area contributed by atoms with Crippen molar-refractivity contribution in [1.29, 1.82) is 0 Å². The smallest absolute Gasteiger partial charge is 0.384 e. The molecule has 0 bridgehead atoms. The van der Waals surface area contributed by atoms with Crippen LogP contribution in [0.1, 0.15) is 20.8 Å². The van der Waals surface area contributed by atoms with Crippen LogP contribution in [-0.4, -0.2) is 23.8 Å². The largest absolute Gasteiger partial charge is 0.459 e. The van der Waals surface area contributed by atoms with Gasteiger partial charge in [-0.3, -0.25) is 0 Å². The minimum Gasteiger partial charge on any atom is -0.459 e. The van der Waals surface area contributed by atoms with Crippen LogP contribution in [0.2, 0.25) is 0 Å². The summed E-state index contributed by atoms with van der Waals surface area (Å²) in [5.74, 6) is 3.99. The summed E-state index contributed by atoms with van der Waals surface area (Å²) in [5, 5.41) is 9.55. The van der Waals surface area contributed by atoms with Gasteiger partial charge in [0.1, 0.15) is 5.60 Å². The van der Waals surface area contributed by atoms with Crippen molar-refractivity contribution in [3.8, 4) is 11.8 Å². The fourth-order valence-corrected chi connectivity index (χ4v) is 0.373. The number of ether oxygens (including phenoxy) is 1. The fraction of sp³-hybridized carbons (Fsp3) is 0.667. The van der Waals surface area contributed by atoms with Crippen LogP contribution in [0.4, 0.5) is 0 Å². The maximum absolute atomic E-state index is 10.6. The Labute approximate surface area is 72.7 Å². The van der Waals surface area contributed by atoms with Crippen LogP contribution in [0.5, 0.6) is 0 Å². The zero-order valence-corrected chi connectivity index (χ0v) is 7.84. The summed E-state index contributed by atoms with van der Waals surface area (Å²) in [6, 6.07) is 0. The molecule has 0 radical (unpaired) electrons. The molecule has 0 aliphatic heterocycles. The van der Waals surface area contributed by atoms with Gasteiger partial charge in [-0.2, -0.15) is 0 Å². The molecule has 0 spiro atoms. The van der Waals surface area contributed by atoms with Crippen LogP contribution in [0.3, 0.4) is 0 Å². The summed E-state index contributed by atoms with van der Waals surface area (Å²) in [6.07, 6.45) is 0. The summed E-state index contributed by atoms with van der Waals surface area (Å²) in [7, 11) is 1.25. The quantitative estimate of drug-likeness (QED) is 0.355. The third-order valence-corrected chi connectivity index (χ3v) is 1.73. The Balaban J connectivity index is 4.38. The minimum absolute atomic E-state index is 0.0188. The molecule has 3 nitrogen and oxygen atoms in total. The highest BCUT2D eigenvalue weighted by molar-refractivity contribution is 5.88. The molecule has 0 fully saturated rings. The molecule has 0 heterocycles. The number of carbonyl (C=O) groups is 1. The maximum atomic E-state index is 10.6. The van der Waals surface area contributed by atoms with Gasteiger partial charge in [0.15, 0.2) is 0 Å². The molecule has 1 atom stereocenters. The van der Waals surface area contributed by atoms with E-state index in [1.54, 1.807) is 6.92 Å². The second-order valence-electron chi connectivity index (χ2n) is 3.04. The Morgan fingerprint density at radius 1 is 1.58 bits per heavy atom. The fourth-order valence-electron chi connectivity index (χ4n) is 0.373. The molecule has 0 saturated heterocycles. The Morgan fingerprint density at radius 2 is 2.08 bits per heavy atom. The number of hydrogen-bond acceptors (Lipinski definition) is 3. The molecule has 0 aliphatic carbocycles. The second-order valence-corrected chi connectivity index (χ2v) is 3.04. The number of hydrogen-bond donors (Lipinski definition) is 1. The number of carbonyl (C=O) groups excluding carboxylic acids is 1. The van der Waals surface area contributed by atoms with Crippen LogP contribution in [0.25, 0.3) is 0 Å². The number of rotatable bonds is 1. The molecule has 1 unspecified atom stereocenters. The monoisotopic (exact) mass is 170 g/mol. The molecule has 0 aromatic heterocycles. The van der Waals surface area contributed by atoms with Gasteiger partial charge in [0.2, 0.25) is 0 Å². The number of aliphatic hydroxyl groups is 1. The third kappa shape index (κ3) is 3.40. The normalized spacial score (nSPS) is 14.5. The average molecular weight is 170 g/mol. The van der Waals surface area contributed by atoms with E-state index in [1.165, 1.54) is 7.11 Å². The lowest BCUT2D eigenvalue weighted by atomic mass is 9.93. The first-order valence-corrected chi connectivity index (χ1v) is 3.73. The average Bonchev–Trinajstić information content (AvgIpc) is 2.00. The van der Waals surface area contributed by atoms with Crippen molar-refractivity contribution in [1.82, 2.24) is 0 Å². The molecule has 0 aromatic carbocycles. The lowest BCUT2D eigenvalue weighted by molar-refractivity contribution is -0.133. The molecule has 1 N–H and O–H groups in total. The van der Waals surface area contributed by atoms with E-state index in [9.17, 15) is 9.90 Å². The summed E-state index contributed by atoms with van der Waals surface area (Å²) >= 11 is 0. The van der Waals surface area contributed by atoms with E-state index in [-0.39, 0.29) is 5.92 Å². The lowest BCUT2D eigenvalue weighted by Gasteiger charge is -2.20. The van der Waals surface area contributed by atoms with Gasteiger partial charge in [0, 0.05) is 5.92 Å². The van der Waals surface area contributed by atoms with Gasteiger partial charge in [-0.25, -0.2) is 4.79 Å². The molecule has 0 saturated carbocycles. The van der Waals surface area contributed by atoms with E-state index in [1.807, 2.05) is 13.8 Å². The van der Waals surface area contributed by atoms with Crippen LogP contribution < -0.4 is 0 Å². The van der Waals surface area contributed by atoms with Gasteiger partial charge in [-0.05, 0) is 12.8 Å². The molecule has 68 valence electrons. The van der Waals surface area contributed by atoms with Crippen molar-refractivity contribution in [2.24, 2.45) is 5.92 Å². The first kappa shape index (κ1) is 11.0. The lowest BCUT2D eigenvalue weighted by Crippen LogP contribution is -2.29. The Morgan fingerprint density at radius 3 is 2.42 bits per heavy atom. The zero-order valence-electron chi connectivity index (χ0n) is 7.84. The van der Waals surface area contributed by atoms with Gasteiger partial charge >= 0.3 is 5.97 Å². The summed E-state index contributed by atoms with van der Waals surface area (Å²) in [5.41, 5.74) is -1.13. The van der Waals surface area contributed by atoms with Crippen molar-refractivity contribution in [2.75, 3.05) is 7.11 Å². The molecular formula is C9H14O3. The van der Waals surface area contributed by atoms with E-state index >= 15 is 0 Å². The standard InChI is InChI=1S/C9H14O3/c1-7(2)9(3,11)6-5-8(10)12-4/h7,11H,1-4H3. The minimum atomic E-state index is -1.13. The highest BCUT2D eigenvalue weighted by Gasteiger charge is 2.21. The van der Waals surface area contributed by atoms with E-state index in [0.29, 0.717) is 0 Å². The predicted octanol–water partition coefficient (Wildman–Crippen LogP) is 0.570. The molecular weight excluding hydrogens is 156 g/mol. The Hall–Kier alpha value is -1.01. The molecule has 0 aromatic rings. The van der Waals surface area contributed by atoms with Crippen molar-refractivity contribution in [3.05, 3.63) is 0 Å². The topological polar surface area (TPSA) is 46.5 Å². The maximum Gasteiger partial charge on any atom is 0.384 e. The van der Waals surface area contributed by atoms with Crippen LogP contribution in [0.15, 0.2) is 0 Å². The molecule has 3 heteroatoms. The van der Waals surface area contributed by atoms with Crippen molar-refractivity contribution < 1.29 is 14.6 Å². The third-order valence-electron chi connectivity index (χ3n) is 1.73. The van der Waals surface area contributed by atoms with Gasteiger partial charge < -0.3 is 9.84 Å². The van der Waals surface area contributed by atoms with Gasteiger partial charge in [-0.1, -0.05) is 19.8 Å². The van der Waals surface area contributed by atoms with Crippen molar-refractivity contribution >= 4 is 5.97 Å². The summed E-state index contributed by atoms with van der Waals surface area (Å²) in [6.45, 7) is 5.21. The van der Waals surface area contributed by atoms with Crippen LogP contribution in [-0.2, 0) is 9.53 Å². The Kier molecular flexibility index (Phi) is 3.78. The molecule has 0 aliphatic rings. The van der Waals surface area contributed by atoms with Crippen molar-refractivity contribution in [3.63, 3.8) is 0 Å². The highest BCUT2D eigenvalue weighted by atomic mass is 16.5. The van der Waals surface area contributed by atoms with Crippen molar-refractivity contribution in [2.45, 2.75) is 26.4 Å². The zero-order chi connectivity index (χ0) is 9.78. The number of methoxy groups -OCH3 is 1. The summed E-state index contributed by atoms with van der Waals surface area (Å²) < 4.78 is 4.30. The van der Waals surface area contributed by atoms with Gasteiger partial charge in [0.05, 0.1) is 7.11 Å². The molecule has 0 rings (SSSR count). The number of esters is 1. The van der Waals surface area contributed by atoms with E-state index in [4.69, 9.17) is 0 Å². The predicted molar refractivity (Wildman–Crippen MR) is 45.3 cm³/mol. The first-order chi connectivity index (χ1) is 5.40. The van der Waals surface area contributed by atoms with Crippen LogP contribution >= 0.6 is 0 Å².